The van der Waals surface area contributed by atoms with E-state index in [0.29, 0.717) is 0 Å². The molecule has 116 valence electrons. The van der Waals surface area contributed by atoms with Crippen molar-refractivity contribution in [1.29, 1.82) is 0 Å². The molecule has 2 rings (SSSR count). The summed E-state index contributed by atoms with van der Waals surface area (Å²) in [5, 5.41) is 10.6. The first-order valence-electron chi connectivity index (χ1n) is 6.67. The molecule has 0 spiro atoms. The van der Waals surface area contributed by atoms with Gasteiger partial charge in [-0.15, -0.1) is 0 Å². The molecule has 0 saturated heterocycles. The lowest BCUT2D eigenvalue weighted by molar-refractivity contribution is -0.384. The average Bonchev–Trinajstić information content (AvgIpc) is 2.67. The highest BCUT2D eigenvalue weighted by Gasteiger charge is 2.34. The van der Waals surface area contributed by atoms with Crippen LogP contribution in [0.25, 0.3) is 0 Å². The fourth-order valence-corrected chi connectivity index (χ4v) is 4.10. The molecule has 1 aliphatic carbocycles. The van der Waals surface area contributed by atoms with Gasteiger partial charge >= 0.3 is 0 Å². The molecule has 1 aromatic carbocycles. The molecule has 7 nitrogen and oxygen atoms in total. The molecule has 1 fully saturated rings. The van der Waals surface area contributed by atoms with Crippen LogP contribution in [-0.4, -0.2) is 19.4 Å². The quantitative estimate of drug-likeness (QED) is 0.501. The Labute approximate surface area is 123 Å². The van der Waals surface area contributed by atoms with Crippen molar-refractivity contribution < 1.29 is 13.3 Å². The van der Waals surface area contributed by atoms with Crippen molar-refractivity contribution in [2.24, 2.45) is 5.41 Å². The molecular formula is C13H19N3O4S. The van der Waals surface area contributed by atoms with Crippen molar-refractivity contribution in [2.75, 3.05) is 5.73 Å². The van der Waals surface area contributed by atoms with Crippen molar-refractivity contribution in [3.8, 4) is 0 Å². The minimum absolute atomic E-state index is 0.113. The highest BCUT2D eigenvalue weighted by molar-refractivity contribution is 7.89. The molecule has 8 heteroatoms. The third-order valence-electron chi connectivity index (χ3n) is 3.78. The standard InChI is InChI=1S/C13H19N3O4S/c1-13(2)6-5-9(8-13)15-21(19,20)12-4-3-10(16(17)18)7-11(12)14/h3-4,7,9,15H,5-6,8,14H2,1-2H3. The maximum absolute atomic E-state index is 12.3. The third-order valence-corrected chi connectivity index (χ3v) is 5.38. The summed E-state index contributed by atoms with van der Waals surface area (Å²) in [7, 11) is -3.76. The molecule has 21 heavy (non-hydrogen) atoms. The van der Waals surface area contributed by atoms with Crippen molar-refractivity contribution in [1.82, 2.24) is 4.72 Å². The first-order valence-corrected chi connectivity index (χ1v) is 8.15. The molecule has 1 saturated carbocycles. The van der Waals surface area contributed by atoms with Crippen LogP contribution in [0.5, 0.6) is 0 Å². The van der Waals surface area contributed by atoms with Crippen molar-refractivity contribution in [2.45, 2.75) is 44.0 Å². The van der Waals surface area contributed by atoms with E-state index in [4.69, 9.17) is 5.73 Å². The van der Waals surface area contributed by atoms with E-state index >= 15 is 0 Å². The maximum atomic E-state index is 12.3. The van der Waals surface area contributed by atoms with Crippen LogP contribution in [0.15, 0.2) is 23.1 Å². The van der Waals surface area contributed by atoms with E-state index in [1.807, 2.05) is 0 Å². The van der Waals surface area contributed by atoms with Crippen LogP contribution in [0.1, 0.15) is 33.1 Å². The summed E-state index contributed by atoms with van der Waals surface area (Å²) in [6.07, 6.45) is 2.49. The summed E-state index contributed by atoms with van der Waals surface area (Å²) in [6, 6.07) is 3.26. The summed E-state index contributed by atoms with van der Waals surface area (Å²) in [4.78, 5) is 9.92. The number of nitrogens with two attached hydrogens (primary N) is 1. The van der Waals surface area contributed by atoms with E-state index in [0.717, 1.165) is 31.4 Å². The van der Waals surface area contributed by atoms with E-state index < -0.39 is 14.9 Å². The summed E-state index contributed by atoms with van der Waals surface area (Å²) < 4.78 is 27.3. The number of nitrogen functional groups attached to an aromatic ring is 1. The van der Waals surface area contributed by atoms with Crippen LogP contribution in [0.3, 0.4) is 0 Å². The normalized spacial score (nSPS) is 21.3. The van der Waals surface area contributed by atoms with Crippen LogP contribution in [-0.2, 0) is 10.0 Å². The smallest absolute Gasteiger partial charge is 0.271 e. The van der Waals surface area contributed by atoms with Gasteiger partial charge in [0, 0.05) is 18.2 Å². The Bertz CT molecular complexity index is 670. The second-order valence-corrected chi connectivity index (χ2v) is 7.89. The van der Waals surface area contributed by atoms with Gasteiger partial charge in [-0.25, -0.2) is 13.1 Å². The average molecular weight is 313 g/mol. The van der Waals surface area contributed by atoms with Crippen LogP contribution in [0, 0.1) is 15.5 Å². The molecule has 0 radical (unpaired) electrons. The Balaban J connectivity index is 2.22. The summed E-state index contributed by atoms with van der Waals surface area (Å²) in [6.45, 7) is 4.20. The number of rotatable bonds is 4. The van der Waals surface area contributed by atoms with Crippen LogP contribution in [0.4, 0.5) is 11.4 Å². The van der Waals surface area contributed by atoms with E-state index in [2.05, 4.69) is 18.6 Å². The molecule has 1 aliphatic rings. The van der Waals surface area contributed by atoms with Gasteiger partial charge in [0.1, 0.15) is 4.90 Å². The van der Waals surface area contributed by atoms with E-state index in [1.54, 1.807) is 0 Å². The van der Waals surface area contributed by atoms with Crippen molar-refractivity contribution in [3.05, 3.63) is 28.3 Å². The second-order valence-electron chi connectivity index (χ2n) is 6.20. The first-order chi connectivity index (χ1) is 9.61. The fourth-order valence-electron chi connectivity index (χ4n) is 2.71. The molecule has 1 unspecified atom stereocenters. The van der Waals surface area contributed by atoms with E-state index in [9.17, 15) is 18.5 Å². The van der Waals surface area contributed by atoms with Gasteiger partial charge in [0.25, 0.3) is 5.69 Å². The van der Waals surface area contributed by atoms with Gasteiger partial charge in [0.05, 0.1) is 10.6 Å². The lowest BCUT2D eigenvalue weighted by Gasteiger charge is -2.18. The maximum Gasteiger partial charge on any atom is 0.271 e. The third kappa shape index (κ3) is 3.51. The zero-order valence-electron chi connectivity index (χ0n) is 12.0. The first kappa shape index (κ1) is 15.7. The van der Waals surface area contributed by atoms with Crippen LogP contribution < -0.4 is 10.5 Å². The zero-order valence-corrected chi connectivity index (χ0v) is 12.8. The fraction of sp³-hybridized carbons (Fsp3) is 0.538. The van der Waals surface area contributed by atoms with Crippen molar-refractivity contribution >= 4 is 21.4 Å². The number of hydrogen-bond donors (Lipinski definition) is 2. The van der Waals surface area contributed by atoms with Gasteiger partial charge < -0.3 is 5.73 Å². The molecule has 0 bridgehead atoms. The Kier molecular flexibility index (Phi) is 3.94. The highest BCUT2D eigenvalue weighted by atomic mass is 32.2. The Morgan fingerprint density at radius 1 is 1.43 bits per heavy atom. The predicted molar refractivity (Wildman–Crippen MR) is 79.3 cm³/mol. The van der Waals surface area contributed by atoms with E-state index in [1.165, 1.54) is 6.07 Å². The number of nitrogens with one attached hydrogen (secondary N) is 1. The highest BCUT2D eigenvalue weighted by Crippen LogP contribution is 2.37. The number of sulfonamides is 1. The molecule has 0 aliphatic heterocycles. The predicted octanol–water partition coefficient (Wildman–Crippen LogP) is 2.03. The Morgan fingerprint density at radius 3 is 2.57 bits per heavy atom. The van der Waals surface area contributed by atoms with Gasteiger partial charge in [-0.3, -0.25) is 10.1 Å². The van der Waals surface area contributed by atoms with Gasteiger partial charge in [-0.05, 0) is 30.7 Å². The van der Waals surface area contributed by atoms with Gasteiger partial charge in [-0.1, -0.05) is 13.8 Å². The van der Waals surface area contributed by atoms with Crippen LogP contribution >= 0.6 is 0 Å². The number of nitro groups is 1. The largest absolute Gasteiger partial charge is 0.397 e. The lowest BCUT2D eigenvalue weighted by atomic mass is 9.92. The van der Waals surface area contributed by atoms with Crippen molar-refractivity contribution in [3.63, 3.8) is 0 Å². The number of anilines is 1. The van der Waals surface area contributed by atoms with E-state index in [-0.39, 0.29) is 27.7 Å². The number of nitrogens with zero attached hydrogens (tertiary/aromatic N) is 1. The SMILES string of the molecule is CC1(C)CCC(NS(=O)(=O)c2ccc([N+](=O)[O-])cc2N)C1. The lowest BCUT2D eigenvalue weighted by Crippen LogP contribution is -2.34. The molecule has 1 atom stereocenters. The van der Waals surface area contributed by atoms with Gasteiger partial charge in [0.2, 0.25) is 10.0 Å². The van der Waals surface area contributed by atoms with Gasteiger partial charge in [-0.2, -0.15) is 0 Å². The number of nitro benzene ring substituents is 1. The monoisotopic (exact) mass is 313 g/mol. The summed E-state index contributed by atoms with van der Waals surface area (Å²) >= 11 is 0. The second kappa shape index (κ2) is 5.27. The molecule has 3 N–H and O–H groups in total. The summed E-state index contributed by atoms with van der Waals surface area (Å²) in [5.74, 6) is 0. The molecule has 0 amide bonds. The van der Waals surface area contributed by atoms with Gasteiger partial charge in [0.15, 0.2) is 0 Å². The molecular weight excluding hydrogens is 294 g/mol. The Morgan fingerprint density at radius 2 is 2.10 bits per heavy atom. The zero-order chi connectivity index (χ0) is 15.8. The topological polar surface area (TPSA) is 115 Å². The number of non-ortho nitro benzene ring substituents is 1. The molecule has 0 heterocycles. The minimum Gasteiger partial charge on any atom is -0.397 e. The summed E-state index contributed by atoms with van der Waals surface area (Å²) in [5.41, 5.74) is 5.42. The minimum atomic E-state index is -3.76. The molecule has 0 aromatic heterocycles. The molecule has 1 aromatic rings. The van der Waals surface area contributed by atoms with Crippen LogP contribution in [0.2, 0.25) is 0 Å². The number of benzene rings is 1. The Hall–Kier alpha value is -1.67. The number of hydrogen-bond acceptors (Lipinski definition) is 5.